The number of aromatic nitrogens is 1. The Labute approximate surface area is 187 Å². The van der Waals surface area contributed by atoms with Crippen molar-refractivity contribution in [3.8, 4) is 0 Å². The molecule has 2 bridgehead atoms. The molecule has 4 aliphatic heterocycles. The number of hydrogen-bond acceptors (Lipinski definition) is 6. The Balaban J connectivity index is 1.29. The second kappa shape index (κ2) is 8.22. The lowest BCUT2D eigenvalue weighted by molar-refractivity contribution is 0.0621. The summed E-state index contributed by atoms with van der Waals surface area (Å²) in [6.07, 6.45) is 2.34. The normalized spacial score (nSPS) is 27.6. The van der Waals surface area contributed by atoms with Crippen LogP contribution in [0.3, 0.4) is 0 Å². The minimum absolute atomic E-state index is 0.0297. The fourth-order valence-electron chi connectivity index (χ4n) is 5.40. The smallest absolute Gasteiger partial charge is 0.299 e. The summed E-state index contributed by atoms with van der Waals surface area (Å²) in [5, 5.41) is 3.29. The zero-order valence-corrected chi connectivity index (χ0v) is 18.1. The highest BCUT2D eigenvalue weighted by Gasteiger charge is 2.35. The Morgan fingerprint density at radius 1 is 1.03 bits per heavy atom. The standard InChI is InChI=1S/C25H28N4O3/c30-24(26-20-15-28-11-9-17(20)10-12-28)19-7-4-8-22-23(19)27-25(32-22)29-13-14-31-16-21(29)18-5-2-1-3-6-18/h1-8,17,20-21H,9-16H2,(H,26,30)/t20?,21-/m1/s1. The Morgan fingerprint density at radius 2 is 1.88 bits per heavy atom. The maximum absolute atomic E-state index is 13.2. The third kappa shape index (κ3) is 3.55. The fourth-order valence-corrected chi connectivity index (χ4v) is 5.40. The van der Waals surface area contributed by atoms with Gasteiger partial charge in [-0.05, 0) is 49.5 Å². The van der Waals surface area contributed by atoms with Gasteiger partial charge >= 0.3 is 0 Å². The summed E-state index contributed by atoms with van der Waals surface area (Å²) in [5.74, 6) is 0.520. The first-order chi connectivity index (χ1) is 15.8. The van der Waals surface area contributed by atoms with Crippen molar-refractivity contribution in [3.05, 3.63) is 59.7 Å². The van der Waals surface area contributed by atoms with Crippen LogP contribution < -0.4 is 10.2 Å². The zero-order chi connectivity index (χ0) is 21.5. The SMILES string of the molecule is O=C(NC1CN2CCC1CC2)c1cccc2oc(N3CCOC[C@@H]3c3ccccc3)nc12. The van der Waals surface area contributed by atoms with Gasteiger partial charge < -0.3 is 24.3 Å². The first-order valence-electron chi connectivity index (χ1n) is 11.6. The molecule has 3 aromatic rings. The number of amides is 1. The zero-order valence-electron chi connectivity index (χ0n) is 18.1. The predicted octanol–water partition coefficient (Wildman–Crippen LogP) is 3.23. The van der Waals surface area contributed by atoms with Crippen molar-refractivity contribution in [3.63, 3.8) is 0 Å². The van der Waals surface area contributed by atoms with Gasteiger partial charge in [0.1, 0.15) is 5.52 Å². The number of rotatable bonds is 4. The number of piperidine rings is 3. The molecule has 1 amide bonds. The number of anilines is 1. The van der Waals surface area contributed by atoms with E-state index in [0.717, 1.165) is 25.2 Å². The first kappa shape index (κ1) is 19.8. The number of carbonyl (C=O) groups is 1. The van der Waals surface area contributed by atoms with Crippen molar-refractivity contribution in [2.45, 2.75) is 24.9 Å². The molecule has 0 saturated carbocycles. The van der Waals surface area contributed by atoms with Gasteiger partial charge in [-0.15, -0.1) is 0 Å². The van der Waals surface area contributed by atoms with Crippen molar-refractivity contribution in [2.75, 3.05) is 44.3 Å². The van der Waals surface area contributed by atoms with Gasteiger partial charge in [0, 0.05) is 19.1 Å². The minimum Gasteiger partial charge on any atom is -0.423 e. The number of oxazole rings is 1. The molecule has 0 radical (unpaired) electrons. The molecule has 1 unspecified atom stereocenters. The minimum atomic E-state index is -0.0595. The van der Waals surface area contributed by atoms with E-state index in [9.17, 15) is 4.79 Å². The Hall–Kier alpha value is -2.90. The van der Waals surface area contributed by atoms with Gasteiger partial charge in [0.05, 0.1) is 24.8 Å². The first-order valence-corrected chi connectivity index (χ1v) is 11.6. The summed E-state index contributed by atoms with van der Waals surface area (Å²) in [4.78, 5) is 22.6. The Bertz CT molecular complexity index is 1110. The van der Waals surface area contributed by atoms with Crippen LogP contribution >= 0.6 is 0 Å². The monoisotopic (exact) mass is 432 g/mol. The van der Waals surface area contributed by atoms with E-state index in [2.05, 4.69) is 27.2 Å². The van der Waals surface area contributed by atoms with Gasteiger partial charge in [-0.3, -0.25) is 4.79 Å². The molecule has 32 heavy (non-hydrogen) atoms. The number of ether oxygens (including phenoxy) is 1. The lowest BCUT2D eigenvalue weighted by Crippen LogP contribution is -2.57. The molecule has 0 aliphatic carbocycles. The lowest BCUT2D eigenvalue weighted by atomic mass is 9.84. The highest BCUT2D eigenvalue weighted by atomic mass is 16.5. The summed E-state index contributed by atoms with van der Waals surface area (Å²) >= 11 is 0. The third-order valence-corrected chi connectivity index (χ3v) is 7.18. The highest BCUT2D eigenvalue weighted by Crippen LogP contribution is 2.33. The van der Waals surface area contributed by atoms with Gasteiger partial charge in [0.25, 0.3) is 11.9 Å². The van der Waals surface area contributed by atoms with E-state index < -0.39 is 0 Å². The topological polar surface area (TPSA) is 70.8 Å². The summed E-state index contributed by atoms with van der Waals surface area (Å²) in [5.41, 5.74) is 3.01. The lowest BCUT2D eigenvalue weighted by Gasteiger charge is -2.44. The number of benzene rings is 2. The number of para-hydroxylation sites is 1. The van der Waals surface area contributed by atoms with Crippen LogP contribution in [0.15, 0.2) is 52.9 Å². The number of nitrogens with one attached hydrogen (secondary N) is 1. The molecule has 166 valence electrons. The van der Waals surface area contributed by atoms with Crippen LogP contribution in [0, 0.1) is 5.92 Å². The molecule has 4 saturated heterocycles. The summed E-state index contributed by atoms with van der Waals surface area (Å²) in [6, 6.07) is 16.7. The van der Waals surface area contributed by atoms with Gasteiger partial charge in [-0.2, -0.15) is 4.98 Å². The molecular weight excluding hydrogens is 404 g/mol. The highest BCUT2D eigenvalue weighted by molar-refractivity contribution is 6.04. The van der Waals surface area contributed by atoms with E-state index in [-0.39, 0.29) is 18.0 Å². The Kier molecular flexibility index (Phi) is 5.08. The summed E-state index contributed by atoms with van der Waals surface area (Å²) in [7, 11) is 0. The number of fused-ring (bicyclic) bond motifs is 4. The molecule has 0 spiro atoms. The van der Waals surface area contributed by atoms with E-state index in [0.29, 0.717) is 48.4 Å². The van der Waals surface area contributed by atoms with E-state index >= 15 is 0 Å². The average Bonchev–Trinajstić information content (AvgIpc) is 3.30. The largest absolute Gasteiger partial charge is 0.423 e. The van der Waals surface area contributed by atoms with E-state index in [1.54, 1.807) is 0 Å². The molecule has 2 aromatic carbocycles. The maximum Gasteiger partial charge on any atom is 0.299 e. The average molecular weight is 433 g/mol. The van der Waals surface area contributed by atoms with Gasteiger partial charge in [-0.25, -0.2) is 0 Å². The maximum atomic E-state index is 13.2. The second-order valence-electron chi connectivity index (χ2n) is 9.06. The quantitative estimate of drug-likeness (QED) is 0.683. The van der Waals surface area contributed by atoms with Crippen molar-refractivity contribution in [2.24, 2.45) is 5.92 Å². The molecule has 4 fully saturated rings. The van der Waals surface area contributed by atoms with Crippen molar-refractivity contribution in [1.29, 1.82) is 0 Å². The number of carbonyl (C=O) groups excluding carboxylic acids is 1. The Morgan fingerprint density at radius 3 is 2.66 bits per heavy atom. The van der Waals surface area contributed by atoms with Crippen LogP contribution in [0.2, 0.25) is 0 Å². The van der Waals surface area contributed by atoms with Gasteiger partial charge in [0.2, 0.25) is 0 Å². The summed E-state index contributed by atoms with van der Waals surface area (Å²) in [6.45, 7) is 5.14. The fraction of sp³-hybridized carbons (Fsp3) is 0.440. The second-order valence-corrected chi connectivity index (χ2v) is 9.06. The van der Waals surface area contributed by atoms with Gasteiger partial charge in [-0.1, -0.05) is 36.4 Å². The van der Waals surface area contributed by atoms with Crippen LogP contribution in [0.4, 0.5) is 6.01 Å². The van der Waals surface area contributed by atoms with Crippen LogP contribution in [-0.2, 0) is 4.74 Å². The van der Waals surface area contributed by atoms with Crippen molar-refractivity contribution in [1.82, 2.24) is 15.2 Å². The van der Waals surface area contributed by atoms with Crippen LogP contribution in [0.1, 0.15) is 34.8 Å². The molecule has 1 aromatic heterocycles. The molecule has 7 nitrogen and oxygen atoms in total. The van der Waals surface area contributed by atoms with Crippen molar-refractivity contribution < 1.29 is 13.9 Å². The van der Waals surface area contributed by atoms with E-state index in [4.69, 9.17) is 14.1 Å². The predicted molar refractivity (Wildman–Crippen MR) is 122 cm³/mol. The van der Waals surface area contributed by atoms with E-state index in [1.165, 1.54) is 12.8 Å². The summed E-state index contributed by atoms with van der Waals surface area (Å²) < 4.78 is 11.9. The number of morpholine rings is 1. The molecule has 5 heterocycles. The molecule has 7 rings (SSSR count). The van der Waals surface area contributed by atoms with Crippen LogP contribution in [-0.4, -0.2) is 61.2 Å². The van der Waals surface area contributed by atoms with Crippen molar-refractivity contribution >= 4 is 23.0 Å². The van der Waals surface area contributed by atoms with Crippen LogP contribution in [0.25, 0.3) is 11.1 Å². The molecule has 7 heteroatoms. The molecular formula is C25H28N4O3. The number of hydrogen-bond donors (Lipinski definition) is 1. The molecule has 1 N–H and O–H groups in total. The van der Waals surface area contributed by atoms with Gasteiger partial charge in [0.15, 0.2) is 5.58 Å². The number of nitrogens with zero attached hydrogens (tertiary/aromatic N) is 3. The molecule has 4 aliphatic rings. The third-order valence-electron chi connectivity index (χ3n) is 7.18. The van der Waals surface area contributed by atoms with E-state index in [1.807, 2.05) is 36.4 Å². The van der Waals surface area contributed by atoms with Crippen LogP contribution in [0.5, 0.6) is 0 Å². The molecule has 2 atom stereocenters.